The highest BCUT2D eigenvalue weighted by molar-refractivity contribution is 5.70. The van der Waals surface area contributed by atoms with Crippen LogP contribution in [0.5, 0.6) is 11.5 Å². The van der Waals surface area contributed by atoms with Crippen LogP contribution in [0.2, 0.25) is 0 Å². The molecular weight excluding hydrogens is 498 g/mol. The van der Waals surface area contributed by atoms with Crippen molar-refractivity contribution < 1.29 is 9.47 Å². The lowest BCUT2D eigenvalue weighted by Crippen LogP contribution is -2.15. The minimum Gasteiger partial charge on any atom is -0.497 e. The molecule has 0 spiro atoms. The zero-order valence-electron chi connectivity index (χ0n) is 24.2. The molecule has 0 aliphatic heterocycles. The molecule has 1 aromatic heterocycles. The number of hydrogen-bond donors (Lipinski definition) is 2. The highest BCUT2D eigenvalue weighted by Crippen LogP contribution is 2.32. The van der Waals surface area contributed by atoms with Gasteiger partial charge in [0.25, 0.3) is 0 Å². The van der Waals surface area contributed by atoms with E-state index in [4.69, 9.17) is 14.5 Å². The van der Waals surface area contributed by atoms with Gasteiger partial charge in [-0.25, -0.2) is 4.98 Å². The van der Waals surface area contributed by atoms with Gasteiger partial charge in [0.15, 0.2) is 0 Å². The van der Waals surface area contributed by atoms with Gasteiger partial charge in [-0.05, 0) is 74.7 Å². The molecule has 7 nitrogen and oxygen atoms in total. The van der Waals surface area contributed by atoms with Gasteiger partial charge in [0.05, 0.1) is 25.9 Å². The number of nitrogens with one attached hydrogen (secondary N) is 2. The van der Waals surface area contributed by atoms with E-state index >= 15 is 0 Å². The van der Waals surface area contributed by atoms with Crippen molar-refractivity contribution in [3.63, 3.8) is 0 Å². The van der Waals surface area contributed by atoms with Gasteiger partial charge in [-0.3, -0.25) is 0 Å². The maximum Gasteiger partial charge on any atom is 0.225 e. The highest BCUT2D eigenvalue weighted by atomic mass is 16.5. The number of allylic oxidation sites excluding steroid dienone is 1. The summed E-state index contributed by atoms with van der Waals surface area (Å²) >= 11 is 0. The third-order valence-electron chi connectivity index (χ3n) is 6.87. The standard InChI is InChI=1S/C33H39N5O2/c1-7-23(2)22-38(32-17-18-34-33(37-32)36-25(4)26-11-9-8-10-12-26)30-16-14-28(19-24(30)3)35-21-27-13-15-29(39-5)20-31(27)40-6/h8-20,22,25,35H,7,21H2,1-6H3,(H,34,36,37)/t25-/m0/s1. The van der Waals surface area contributed by atoms with E-state index < -0.39 is 0 Å². The minimum absolute atomic E-state index is 0.0780. The molecule has 2 N–H and O–H groups in total. The Balaban J connectivity index is 1.57. The average molecular weight is 538 g/mol. The zero-order chi connectivity index (χ0) is 28.5. The number of hydrogen-bond acceptors (Lipinski definition) is 7. The molecule has 0 radical (unpaired) electrons. The summed E-state index contributed by atoms with van der Waals surface area (Å²) in [4.78, 5) is 11.5. The summed E-state index contributed by atoms with van der Waals surface area (Å²) in [5.41, 5.74) is 6.69. The molecule has 4 aromatic rings. The Bertz CT molecular complexity index is 1440. The number of rotatable bonds is 12. The maximum absolute atomic E-state index is 5.56. The van der Waals surface area contributed by atoms with Gasteiger partial charge in [0.1, 0.15) is 17.3 Å². The predicted octanol–water partition coefficient (Wildman–Crippen LogP) is 8.04. The molecule has 3 aromatic carbocycles. The molecule has 0 saturated heterocycles. The fourth-order valence-electron chi connectivity index (χ4n) is 4.37. The van der Waals surface area contributed by atoms with Crippen LogP contribution in [0.3, 0.4) is 0 Å². The Labute approximate surface area is 237 Å². The second-order valence-electron chi connectivity index (χ2n) is 9.75. The van der Waals surface area contributed by atoms with Gasteiger partial charge in [-0.2, -0.15) is 4.98 Å². The van der Waals surface area contributed by atoms with Crippen molar-refractivity contribution in [2.24, 2.45) is 0 Å². The lowest BCUT2D eigenvalue weighted by molar-refractivity contribution is 0.391. The molecule has 208 valence electrons. The second kappa shape index (κ2) is 13.5. The molecule has 0 amide bonds. The van der Waals surface area contributed by atoms with Crippen molar-refractivity contribution in [2.45, 2.75) is 46.7 Å². The minimum atomic E-state index is 0.0780. The van der Waals surface area contributed by atoms with Crippen molar-refractivity contribution in [1.82, 2.24) is 9.97 Å². The van der Waals surface area contributed by atoms with Crippen molar-refractivity contribution >= 4 is 23.1 Å². The Morgan fingerprint density at radius 1 is 1.00 bits per heavy atom. The fraction of sp³-hybridized carbons (Fsp3) is 0.273. The number of nitrogens with zero attached hydrogens (tertiary/aromatic N) is 3. The first-order valence-corrected chi connectivity index (χ1v) is 13.6. The molecule has 1 atom stereocenters. The van der Waals surface area contributed by atoms with E-state index in [1.807, 2.05) is 42.5 Å². The monoisotopic (exact) mass is 537 g/mol. The highest BCUT2D eigenvalue weighted by Gasteiger charge is 2.15. The summed E-state index contributed by atoms with van der Waals surface area (Å²) in [6.07, 6.45) is 4.91. The first-order valence-electron chi connectivity index (χ1n) is 13.6. The van der Waals surface area contributed by atoms with Crippen molar-refractivity contribution in [1.29, 1.82) is 0 Å². The average Bonchev–Trinajstić information content (AvgIpc) is 2.99. The van der Waals surface area contributed by atoms with E-state index in [1.54, 1.807) is 20.4 Å². The van der Waals surface area contributed by atoms with E-state index in [0.717, 1.165) is 46.2 Å². The molecule has 4 rings (SSSR count). The summed E-state index contributed by atoms with van der Waals surface area (Å²) in [7, 11) is 3.33. The smallest absolute Gasteiger partial charge is 0.225 e. The fourth-order valence-corrected chi connectivity index (χ4v) is 4.37. The van der Waals surface area contributed by atoms with E-state index in [-0.39, 0.29) is 6.04 Å². The van der Waals surface area contributed by atoms with E-state index in [9.17, 15) is 0 Å². The van der Waals surface area contributed by atoms with Crippen LogP contribution in [0.4, 0.5) is 23.1 Å². The Morgan fingerprint density at radius 3 is 2.50 bits per heavy atom. The number of aromatic nitrogens is 2. The van der Waals surface area contributed by atoms with Gasteiger partial charge in [0, 0.05) is 36.3 Å². The zero-order valence-corrected chi connectivity index (χ0v) is 24.2. The summed E-state index contributed by atoms with van der Waals surface area (Å²) in [5.74, 6) is 2.96. The number of benzene rings is 3. The van der Waals surface area contributed by atoms with Crippen LogP contribution in [0.1, 0.15) is 49.9 Å². The molecule has 7 heteroatoms. The van der Waals surface area contributed by atoms with Crippen molar-refractivity contribution in [2.75, 3.05) is 29.8 Å². The molecule has 0 aliphatic rings. The number of anilines is 4. The van der Waals surface area contributed by atoms with Gasteiger partial charge >= 0.3 is 0 Å². The Kier molecular flexibility index (Phi) is 9.62. The summed E-state index contributed by atoms with van der Waals surface area (Å²) in [6, 6.07) is 24.6. The van der Waals surface area contributed by atoms with Gasteiger partial charge in [0.2, 0.25) is 5.95 Å². The first-order chi connectivity index (χ1) is 19.4. The molecular formula is C33H39N5O2. The SMILES string of the molecule is CCC(C)=CN(c1ccnc(N[C@@H](C)c2ccccc2)n1)c1ccc(NCc2ccc(OC)cc2OC)cc1C. The molecule has 40 heavy (non-hydrogen) atoms. The van der Waals surface area contributed by atoms with E-state index in [0.29, 0.717) is 12.5 Å². The van der Waals surface area contributed by atoms with Crippen LogP contribution in [0.15, 0.2) is 90.8 Å². The Hall–Kier alpha value is -4.52. The van der Waals surface area contributed by atoms with Gasteiger partial charge in [-0.15, -0.1) is 0 Å². The third-order valence-corrected chi connectivity index (χ3v) is 6.87. The lowest BCUT2D eigenvalue weighted by atomic mass is 10.1. The van der Waals surface area contributed by atoms with Crippen LogP contribution >= 0.6 is 0 Å². The van der Waals surface area contributed by atoms with Crippen molar-refractivity contribution in [3.8, 4) is 11.5 Å². The predicted molar refractivity (Wildman–Crippen MR) is 165 cm³/mol. The number of methoxy groups -OCH3 is 2. The maximum atomic E-state index is 5.56. The summed E-state index contributed by atoms with van der Waals surface area (Å²) in [5, 5.41) is 6.97. The first kappa shape index (κ1) is 28.5. The molecule has 0 saturated carbocycles. The van der Waals surface area contributed by atoms with Crippen LogP contribution in [0.25, 0.3) is 0 Å². The second-order valence-corrected chi connectivity index (χ2v) is 9.75. The molecule has 1 heterocycles. The van der Waals surface area contributed by atoms with Crippen LogP contribution in [-0.4, -0.2) is 24.2 Å². The van der Waals surface area contributed by atoms with E-state index in [1.165, 1.54) is 11.1 Å². The molecule has 0 unspecified atom stereocenters. The lowest BCUT2D eigenvalue weighted by Gasteiger charge is -2.24. The molecule has 0 aliphatic carbocycles. The summed E-state index contributed by atoms with van der Waals surface area (Å²) < 4.78 is 10.9. The quantitative estimate of drug-likeness (QED) is 0.189. The van der Waals surface area contributed by atoms with Crippen LogP contribution < -0.4 is 25.0 Å². The summed E-state index contributed by atoms with van der Waals surface area (Å²) in [6.45, 7) is 9.16. The number of ether oxygens (including phenoxy) is 2. The van der Waals surface area contributed by atoms with Gasteiger partial charge in [-0.1, -0.05) is 42.8 Å². The van der Waals surface area contributed by atoms with Gasteiger partial charge < -0.3 is 25.0 Å². The largest absolute Gasteiger partial charge is 0.497 e. The molecule has 0 bridgehead atoms. The third kappa shape index (κ3) is 7.11. The normalized spacial score (nSPS) is 12.0. The topological polar surface area (TPSA) is 71.5 Å². The van der Waals surface area contributed by atoms with Crippen LogP contribution in [0, 0.1) is 6.92 Å². The molecule has 0 fully saturated rings. The Morgan fingerprint density at radius 2 is 1.80 bits per heavy atom. The van der Waals surface area contributed by atoms with E-state index in [2.05, 4.69) is 84.7 Å². The number of aryl methyl sites for hydroxylation is 1. The van der Waals surface area contributed by atoms with Crippen LogP contribution in [-0.2, 0) is 6.54 Å². The van der Waals surface area contributed by atoms with Crippen molar-refractivity contribution in [3.05, 3.63) is 107 Å².